The lowest BCUT2D eigenvalue weighted by Crippen LogP contribution is -2.44. The maximum atomic E-state index is 13.6. The van der Waals surface area contributed by atoms with Gasteiger partial charge in [0.15, 0.2) is 0 Å². The van der Waals surface area contributed by atoms with Crippen molar-refractivity contribution in [2.24, 2.45) is 0 Å². The summed E-state index contributed by atoms with van der Waals surface area (Å²) in [6.45, 7) is 11.5. The van der Waals surface area contributed by atoms with E-state index in [-0.39, 0.29) is 12.1 Å². The van der Waals surface area contributed by atoms with Crippen molar-refractivity contribution in [1.82, 2.24) is 10.2 Å². The zero-order valence-electron chi connectivity index (χ0n) is 25.2. The third-order valence-corrected chi connectivity index (χ3v) is 6.08. The first-order chi connectivity index (χ1) is 19.4. The molecule has 6 nitrogen and oxygen atoms in total. The molecule has 0 bridgehead atoms. The van der Waals surface area contributed by atoms with Gasteiger partial charge in [0.2, 0.25) is 0 Å². The molecule has 0 aliphatic rings. The van der Waals surface area contributed by atoms with Crippen LogP contribution < -0.4 is 5.32 Å². The van der Waals surface area contributed by atoms with Crippen LogP contribution in [0.15, 0.2) is 103 Å². The predicted molar refractivity (Wildman–Crippen MR) is 165 cm³/mol. The van der Waals surface area contributed by atoms with Gasteiger partial charge in [0.05, 0.1) is 12.1 Å². The van der Waals surface area contributed by atoms with Gasteiger partial charge in [-0.05, 0) is 71.1 Å². The van der Waals surface area contributed by atoms with Crippen LogP contribution in [-0.4, -0.2) is 40.4 Å². The number of nitrogens with zero attached hydrogens (tertiary/aromatic N) is 1. The molecule has 3 aromatic carbocycles. The van der Waals surface area contributed by atoms with Crippen molar-refractivity contribution >= 4 is 12.2 Å². The number of benzene rings is 3. The Bertz CT molecular complexity index is 1250. The fourth-order valence-electron chi connectivity index (χ4n) is 4.31. The molecule has 0 unspecified atom stereocenters. The van der Waals surface area contributed by atoms with E-state index in [1.165, 1.54) is 0 Å². The Morgan fingerprint density at radius 2 is 1.15 bits per heavy atom. The van der Waals surface area contributed by atoms with Crippen LogP contribution in [0.1, 0.15) is 58.2 Å². The molecule has 0 heterocycles. The highest BCUT2D eigenvalue weighted by Gasteiger charge is 2.28. The molecule has 0 aliphatic carbocycles. The van der Waals surface area contributed by atoms with Gasteiger partial charge in [-0.3, -0.25) is 4.90 Å². The summed E-state index contributed by atoms with van der Waals surface area (Å²) >= 11 is 0. The number of rotatable bonds is 10. The molecule has 2 atom stereocenters. The van der Waals surface area contributed by atoms with Gasteiger partial charge in [-0.1, -0.05) is 103 Å². The lowest BCUT2D eigenvalue weighted by Gasteiger charge is -2.33. The second-order valence-corrected chi connectivity index (χ2v) is 12.2. The third kappa shape index (κ3) is 11.9. The summed E-state index contributed by atoms with van der Waals surface area (Å²) in [4.78, 5) is 28.2. The molecule has 6 heteroatoms. The van der Waals surface area contributed by atoms with Crippen LogP contribution >= 0.6 is 0 Å². The summed E-state index contributed by atoms with van der Waals surface area (Å²) in [5.74, 6) is 0. The number of hydrogen-bond donors (Lipinski definition) is 1. The Hall–Kier alpha value is -4.06. The molecular weight excluding hydrogens is 512 g/mol. The first kappa shape index (κ1) is 31.5. The molecule has 0 saturated heterocycles. The molecule has 3 rings (SSSR count). The van der Waals surface area contributed by atoms with Crippen LogP contribution in [0.25, 0.3) is 0 Å². The van der Waals surface area contributed by atoms with E-state index < -0.39 is 23.4 Å². The van der Waals surface area contributed by atoms with Gasteiger partial charge >= 0.3 is 12.2 Å². The fraction of sp³-hybridized carbons (Fsp3) is 0.371. The van der Waals surface area contributed by atoms with Crippen molar-refractivity contribution in [2.45, 2.75) is 84.2 Å². The lowest BCUT2D eigenvalue weighted by molar-refractivity contribution is 0.0179. The molecule has 0 spiro atoms. The molecule has 1 N–H and O–H groups in total. The average Bonchev–Trinajstić information content (AvgIpc) is 2.89. The first-order valence-corrected chi connectivity index (χ1v) is 14.2. The summed E-state index contributed by atoms with van der Waals surface area (Å²) in [6.07, 6.45) is 4.23. The van der Waals surface area contributed by atoms with Crippen LogP contribution in [0.3, 0.4) is 0 Å². The minimum atomic E-state index is -0.652. The van der Waals surface area contributed by atoms with Crippen LogP contribution in [-0.2, 0) is 28.9 Å². The summed E-state index contributed by atoms with van der Waals surface area (Å²) in [7, 11) is 0. The SMILES string of the molecule is CC(C)(C)OC(=O)N[C@H](C=C[C@H](Cc1ccccc1)N(Cc1ccccc1)C(=O)OC(C)(C)C)Cc1ccccc1. The number of hydrogen-bond acceptors (Lipinski definition) is 4. The summed E-state index contributed by atoms with van der Waals surface area (Å²) in [5.41, 5.74) is 1.89. The molecule has 0 fully saturated rings. The Kier molecular flexibility index (Phi) is 11.2. The average molecular weight is 557 g/mol. The summed E-state index contributed by atoms with van der Waals surface area (Å²) in [5, 5.41) is 3.01. The lowest BCUT2D eigenvalue weighted by atomic mass is 10.0. The number of carbonyl (C=O) groups excluding carboxylic acids is 2. The number of carbonyl (C=O) groups is 2. The molecule has 3 aromatic rings. The van der Waals surface area contributed by atoms with Crippen LogP contribution in [0.2, 0.25) is 0 Å². The number of alkyl carbamates (subject to hydrolysis) is 1. The monoisotopic (exact) mass is 556 g/mol. The quantitative estimate of drug-likeness (QED) is 0.260. The van der Waals surface area contributed by atoms with Gasteiger partial charge in [-0.2, -0.15) is 0 Å². The minimum absolute atomic E-state index is 0.342. The van der Waals surface area contributed by atoms with Crippen molar-refractivity contribution in [3.63, 3.8) is 0 Å². The van der Waals surface area contributed by atoms with Gasteiger partial charge in [-0.15, -0.1) is 0 Å². The van der Waals surface area contributed by atoms with Crippen molar-refractivity contribution in [1.29, 1.82) is 0 Å². The van der Waals surface area contributed by atoms with E-state index >= 15 is 0 Å². The Morgan fingerprint density at radius 1 is 0.683 bits per heavy atom. The van der Waals surface area contributed by atoms with E-state index in [0.717, 1.165) is 16.7 Å². The molecule has 41 heavy (non-hydrogen) atoms. The predicted octanol–water partition coefficient (Wildman–Crippen LogP) is 7.73. The van der Waals surface area contributed by atoms with Crippen LogP contribution in [0.5, 0.6) is 0 Å². The van der Waals surface area contributed by atoms with Crippen LogP contribution in [0.4, 0.5) is 9.59 Å². The van der Waals surface area contributed by atoms with Gasteiger partial charge < -0.3 is 14.8 Å². The van der Waals surface area contributed by atoms with E-state index in [0.29, 0.717) is 19.4 Å². The van der Waals surface area contributed by atoms with E-state index in [1.54, 1.807) is 4.90 Å². The van der Waals surface area contributed by atoms with E-state index in [9.17, 15) is 9.59 Å². The maximum Gasteiger partial charge on any atom is 0.411 e. The van der Waals surface area contributed by atoms with Crippen molar-refractivity contribution < 1.29 is 19.1 Å². The topological polar surface area (TPSA) is 67.9 Å². The largest absolute Gasteiger partial charge is 0.444 e. The Morgan fingerprint density at radius 3 is 1.63 bits per heavy atom. The standard InChI is InChI=1S/C35H44N2O4/c1-34(2,3)40-32(38)36-30(24-27-16-10-7-11-17-27)22-23-31(25-28-18-12-8-13-19-28)37(33(39)41-35(4,5)6)26-29-20-14-9-15-21-29/h7-23,30-31H,24-26H2,1-6H3,(H,36,38)/t30-,31-/m1/s1. The maximum absolute atomic E-state index is 13.6. The first-order valence-electron chi connectivity index (χ1n) is 14.2. The minimum Gasteiger partial charge on any atom is -0.444 e. The molecule has 0 aromatic heterocycles. The smallest absolute Gasteiger partial charge is 0.411 e. The Labute approximate surface area is 245 Å². The second-order valence-electron chi connectivity index (χ2n) is 12.2. The summed E-state index contributed by atoms with van der Waals surface area (Å²) in [6, 6.07) is 29.2. The van der Waals surface area contributed by atoms with Crippen molar-refractivity contribution in [2.75, 3.05) is 0 Å². The number of ether oxygens (including phenoxy) is 2. The molecule has 0 aliphatic heterocycles. The van der Waals surface area contributed by atoms with Crippen LogP contribution in [0, 0.1) is 0 Å². The molecular formula is C35H44N2O4. The zero-order valence-corrected chi connectivity index (χ0v) is 25.2. The van der Waals surface area contributed by atoms with Gasteiger partial charge in [0.1, 0.15) is 11.2 Å². The van der Waals surface area contributed by atoms with Gasteiger partial charge in [-0.25, -0.2) is 9.59 Å². The number of nitrogens with one attached hydrogen (secondary N) is 1. The third-order valence-electron chi connectivity index (χ3n) is 6.08. The molecule has 218 valence electrons. The van der Waals surface area contributed by atoms with Gasteiger partial charge in [0.25, 0.3) is 0 Å². The molecule has 0 saturated carbocycles. The highest BCUT2D eigenvalue weighted by Crippen LogP contribution is 2.20. The second kappa shape index (κ2) is 14.5. The van der Waals surface area contributed by atoms with Crippen molar-refractivity contribution in [3.05, 3.63) is 120 Å². The molecule has 2 amide bonds. The normalized spacial score (nSPS) is 13.3. The van der Waals surface area contributed by atoms with E-state index in [4.69, 9.17) is 9.47 Å². The highest BCUT2D eigenvalue weighted by molar-refractivity contribution is 5.69. The van der Waals surface area contributed by atoms with E-state index in [2.05, 4.69) is 17.4 Å². The van der Waals surface area contributed by atoms with E-state index in [1.807, 2.05) is 133 Å². The number of amides is 2. The highest BCUT2D eigenvalue weighted by atomic mass is 16.6. The summed E-state index contributed by atoms with van der Waals surface area (Å²) < 4.78 is 11.4. The van der Waals surface area contributed by atoms with Gasteiger partial charge in [0, 0.05) is 6.54 Å². The Balaban J connectivity index is 1.98. The fourth-order valence-corrected chi connectivity index (χ4v) is 4.31. The van der Waals surface area contributed by atoms with Crippen molar-refractivity contribution in [3.8, 4) is 0 Å². The molecule has 0 radical (unpaired) electrons. The zero-order chi connectivity index (χ0) is 29.9.